The van der Waals surface area contributed by atoms with Crippen LogP contribution in [0.5, 0.6) is 0 Å². The fourth-order valence-electron chi connectivity index (χ4n) is 3.69. The van der Waals surface area contributed by atoms with Gasteiger partial charge in [0.1, 0.15) is 5.82 Å². The van der Waals surface area contributed by atoms with Gasteiger partial charge in [-0.3, -0.25) is 0 Å². The Kier molecular flexibility index (Phi) is 4.75. The van der Waals surface area contributed by atoms with Crippen LogP contribution in [0.15, 0.2) is 48.8 Å². The summed E-state index contributed by atoms with van der Waals surface area (Å²) in [6.45, 7) is 2.40. The van der Waals surface area contributed by atoms with E-state index >= 15 is 0 Å². The van der Waals surface area contributed by atoms with Crippen LogP contribution >= 0.6 is 0 Å². The van der Waals surface area contributed by atoms with Gasteiger partial charge in [0, 0.05) is 57.9 Å². The molecule has 3 aromatic rings. The fraction of sp³-hybridized carbons (Fsp3) is 0.400. The molecular weight excluding hydrogens is 326 g/mol. The number of benzene rings is 1. The molecule has 0 atom stereocenters. The van der Waals surface area contributed by atoms with Crippen LogP contribution in [-0.2, 0) is 18.3 Å². The molecule has 0 N–H and O–H groups in total. The van der Waals surface area contributed by atoms with Crippen molar-refractivity contribution in [2.24, 2.45) is 7.05 Å². The monoisotopic (exact) mass is 351 g/mol. The highest BCUT2D eigenvalue weighted by molar-refractivity contribution is 5.44. The van der Waals surface area contributed by atoms with Crippen molar-refractivity contribution in [3.63, 3.8) is 0 Å². The summed E-state index contributed by atoms with van der Waals surface area (Å²) < 4.78 is 9.75. The Hall–Kier alpha value is -2.60. The van der Waals surface area contributed by atoms with Crippen LogP contribution in [0.4, 0.5) is 5.95 Å². The number of para-hydroxylation sites is 1. The molecule has 1 aliphatic rings. The molecule has 1 aromatic carbocycles. The average Bonchev–Trinajstić information content (AvgIpc) is 3.33. The van der Waals surface area contributed by atoms with Crippen molar-refractivity contribution in [3.8, 4) is 5.69 Å². The van der Waals surface area contributed by atoms with E-state index in [2.05, 4.69) is 75.0 Å². The first kappa shape index (κ1) is 16.8. The first-order valence-electron chi connectivity index (χ1n) is 9.13. The van der Waals surface area contributed by atoms with Crippen LogP contribution in [0.3, 0.4) is 0 Å². The molecule has 0 bridgehead atoms. The molecule has 6 nitrogen and oxygen atoms in total. The lowest BCUT2D eigenvalue weighted by atomic mass is 10.00. The maximum absolute atomic E-state index is 5.47. The minimum Gasteiger partial charge on any atom is -0.381 e. The Balaban J connectivity index is 1.56. The topological polar surface area (TPSA) is 48.1 Å². The highest BCUT2D eigenvalue weighted by Gasteiger charge is 2.23. The number of nitrogens with zero attached hydrogens (tertiary/aromatic N) is 5. The van der Waals surface area contributed by atoms with Crippen molar-refractivity contribution in [2.45, 2.75) is 25.3 Å². The van der Waals surface area contributed by atoms with Crippen molar-refractivity contribution in [3.05, 3.63) is 60.2 Å². The fourth-order valence-corrected chi connectivity index (χ4v) is 3.69. The van der Waals surface area contributed by atoms with Gasteiger partial charge in [-0.25, -0.2) is 0 Å². The molecule has 0 radical (unpaired) electrons. The first-order valence-corrected chi connectivity index (χ1v) is 9.13. The minimum atomic E-state index is 0.440. The van der Waals surface area contributed by atoms with E-state index in [1.807, 2.05) is 12.1 Å². The average molecular weight is 351 g/mol. The quantitative estimate of drug-likeness (QED) is 0.709. The molecule has 6 heteroatoms. The molecule has 0 aliphatic carbocycles. The zero-order chi connectivity index (χ0) is 17.9. The van der Waals surface area contributed by atoms with Gasteiger partial charge in [0.2, 0.25) is 5.95 Å². The number of hydrogen-bond acceptors (Lipinski definition) is 4. The summed E-state index contributed by atoms with van der Waals surface area (Å²) in [7, 11) is 4.14. The van der Waals surface area contributed by atoms with E-state index in [1.165, 1.54) is 11.3 Å². The molecule has 1 fully saturated rings. The van der Waals surface area contributed by atoms with E-state index in [1.54, 1.807) is 0 Å². The van der Waals surface area contributed by atoms with Gasteiger partial charge in [-0.05, 0) is 36.6 Å². The zero-order valence-electron chi connectivity index (χ0n) is 15.4. The van der Waals surface area contributed by atoms with Crippen molar-refractivity contribution in [1.82, 2.24) is 19.3 Å². The Bertz CT molecular complexity index is 849. The molecule has 26 heavy (non-hydrogen) atoms. The summed E-state index contributed by atoms with van der Waals surface area (Å²) in [5, 5.41) is 8.96. The molecule has 0 unspecified atom stereocenters. The Morgan fingerprint density at radius 1 is 1.08 bits per heavy atom. The van der Waals surface area contributed by atoms with E-state index in [0.717, 1.165) is 44.4 Å². The maximum atomic E-state index is 5.47. The van der Waals surface area contributed by atoms with Crippen LogP contribution < -0.4 is 4.90 Å². The van der Waals surface area contributed by atoms with Gasteiger partial charge in [-0.2, -0.15) is 0 Å². The van der Waals surface area contributed by atoms with Crippen molar-refractivity contribution < 1.29 is 4.74 Å². The summed E-state index contributed by atoms with van der Waals surface area (Å²) in [6.07, 6.45) is 6.19. The van der Waals surface area contributed by atoms with Crippen LogP contribution in [-0.4, -0.2) is 39.6 Å². The summed E-state index contributed by atoms with van der Waals surface area (Å²) in [4.78, 5) is 2.16. The molecule has 136 valence electrons. The van der Waals surface area contributed by atoms with E-state index < -0.39 is 0 Å². The Morgan fingerprint density at radius 2 is 1.81 bits per heavy atom. The van der Waals surface area contributed by atoms with Gasteiger partial charge in [-0.1, -0.05) is 18.2 Å². The number of ether oxygens (including phenoxy) is 1. The van der Waals surface area contributed by atoms with Crippen LogP contribution in [0.2, 0.25) is 0 Å². The van der Waals surface area contributed by atoms with Gasteiger partial charge >= 0.3 is 0 Å². The smallest absolute Gasteiger partial charge is 0.227 e. The molecule has 3 heterocycles. The van der Waals surface area contributed by atoms with Gasteiger partial charge < -0.3 is 18.8 Å². The van der Waals surface area contributed by atoms with Crippen LogP contribution in [0.1, 0.15) is 30.1 Å². The largest absolute Gasteiger partial charge is 0.381 e. The van der Waals surface area contributed by atoms with E-state index in [4.69, 9.17) is 4.74 Å². The lowest BCUT2D eigenvalue weighted by molar-refractivity contribution is 0.0830. The summed E-state index contributed by atoms with van der Waals surface area (Å²) in [6, 6.07) is 12.6. The summed E-state index contributed by atoms with van der Waals surface area (Å²) in [5.74, 6) is 2.40. The van der Waals surface area contributed by atoms with Gasteiger partial charge in [0.05, 0.1) is 0 Å². The highest BCUT2D eigenvalue weighted by atomic mass is 16.5. The number of aromatic nitrogens is 4. The van der Waals surface area contributed by atoms with E-state index in [-0.39, 0.29) is 0 Å². The second-order valence-corrected chi connectivity index (χ2v) is 6.88. The third kappa shape index (κ3) is 3.24. The standard InChI is InChI=1S/C20H25N5O/c1-23(15-17-7-3-4-8-18(17)25-11-5-6-12-25)20-22-21-19(24(20)2)16-9-13-26-14-10-16/h3-8,11-12,16H,9-10,13-15H2,1-2H3. The first-order chi connectivity index (χ1) is 12.7. The second kappa shape index (κ2) is 7.33. The molecule has 1 aliphatic heterocycles. The molecule has 0 saturated carbocycles. The number of rotatable bonds is 5. The normalized spacial score (nSPS) is 15.3. The van der Waals surface area contributed by atoms with Crippen molar-refractivity contribution in [1.29, 1.82) is 0 Å². The van der Waals surface area contributed by atoms with Crippen LogP contribution in [0.25, 0.3) is 5.69 Å². The highest BCUT2D eigenvalue weighted by Crippen LogP contribution is 2.27. The van der Waals surface area contributed by atoms with Crippen molar-refractivity contribution >= 4 is 5.95 Å². The summed E-state index contributed by atoms with van der Waals surface area (Å²) in [5.41, 5.74) is 2.44. The number of anilines is 1. The molecule has 0 spiro atoms. The van der Waals surface area contributed by atoms with Crippen molar-refractivity contribution in [2.75, 3.05) is 25.2 Å². The molecule has 4 rings (SSSR count). The minimum absolute atomic E-state index is 0.440. The van der Waals surface area contributed by atoms with Gasteiger partial charge in [0.25, 0.3) is 0 Å². The number of hydrogen-bond donors (Lipinski definition) is 0. The summed E-state index contributed by atoms with van der Waals surface area (Å²) >= 11 is 0. The molecule has 0 amide bonds. The SMILES string of the molecule is CN(Cc1ccccc1-n1cccc1)c1nnc(C2CCOCC2)n1C. The molecule has 2 aromatic heterocycles. The Morgan fingerprint density at radius 3 is 2.58 bits per heavy atom. The maximum Gasteiger partial charge on any atom is 0.227 e. The second-order valence-electron chi connectivity index (χ2n) is 6.88. The predicted octanol–water partition coefficient (Wildman–Crippen LogP) is 3.14. The van der Waals surface area contributed by atoms with Gasteiger partial charge in [-0.15, -0.1) is 10.2 Å². The van der Waals surface area contributed by atoms with Gasteiger partial charge in [0.15, 0.2) is 0 Å². The Labute approximate surface area is 154 Å². The third-order valence-corrected chi connectivity index (χ3v) is 5.10. The lowest BCUT2D eigenvalue weighted by Crippen LogP contribution is -2.22. The third-order valence-electron chi connectivity index (χ3n) is 5.10. The zero-order valence-corrected chi connectivity index (χ0v) is 15.4. The van der Waals surface area contributed by atoms with E-state index in [0.29, 0.717) is 5.92 Å². The molecule has 1 saturated heterocycles. The lowest BCUT2D eigenvalue weighted by Gasteiger charge is -2.23. The molecular formula is C20H25N5O. The van der Waals surface area contributed by atoms with E-state index in [9.17, 15) is 0 Å². The predicted molar refractivity (Wildman–Crippen MR) is 102 cm³/mol. The van der Waals surface area contributed by atoms with Crippen LogP contribution in [0, 0.1) is 0 Å².